The molecule has 9 nitrogen and oxygen atoms in total. The summed E-state index contributed by atoms with van der Waals surface area (Å²) in [5.41, 5.74) is 5.14. The summed E-state index contributed by atoms with van der Waals surface area (Å²) >= 11 is 0. The molecule has 0 aliphatic rings. The number of nitrogens with zero attached hydrogens (tertiary/aromatic N) is 6. The van der Waals surface area contributed by atoms with Crippen molar-refractivity contribution in [2.75, 3.05) is 0 Å². The molecule has 0 amide bonds. The molecule has 51 heavy (non-hydrogen) atoms. The Morgan fingerprint density at radius 1 is 0.529 bits per heavy atom. The smallest absolute Gasteiger partial charge is 0.741 e. The van der Waals surface area contributed by atoms with Gasteiger partial charge in [-0.1, -0.05) is 72.8 Å². The minimum Gasteiger partial charge on any atom is -0.741 e. The molecule has 0 atom stereocenters. The van der Waals surface area contributed by atoms with Gasteiger partial charge in [-0.3, -0.25) is 14.0 Å². The third-order valence-corrected chi connectivity index (χ3v) is 8.44. The van der Waals surface area contributed by atoms with Gasteiger partial charge in [-0.05, 0) is 86.5 Å². The Morgan fingerprint density at radius 3 is 1.04 bits per heavy atom. The minimum absolute atomic E-state index is 0. The first-order valence-corrected chi connectivity index (χ1v) is 16.8. The molecular weight excluding hydrogens is 729 g/mol. The van der Waals surface area contributed by atoms with E-state index < -0.39 is 15.6 Å². The molecule has 14 heteroatoms. The summed E-state index contributed by atoms with van der Waals surface area (Å²) in [5, 5.41) is 13.4. The van der Waals surface area contributed by atoms with Gasteiger partial charge < -0.3 is 4.55 Å². The second-order valence-corrected chi connectivity index (χ2v) is 12.7. The fraction of sp³-hybridized carbons (Fsp3) is 0.108. The van der Waals surface area contributed by atoms with Crippen molar-refractivity contribution in [1.82, 2.24) is 29.3 Å². The fourth-order valence-corrected chi connectivity index (χ4v) is 5.62. The molecule has 3 aromatic heterocycles. The fourth-order valence-electron chi connectivity index (χ4n) is 5.62. The van der Waals surface area contributed by atoms with Gasteiger partial charge in [0.1, 0.15) is 0 Å². The predicted octanol–water partition coefficient (Wildman–Crippen LogP) is 7.47. The van der Waals surface area contributed by atoms with Crippen molar-refractivity contribution in [3.05, 3.63) is 163 Å². The maximum Gasteiger partial charge on any atom is 1.00 e. The maximum atomic E-state index is 10.7. The average molecular weight is 759 g/mol. The van der Waals surface area contributed by atoms with Crippen LogP contribution in [0.3, 0.4) is 0 Å². The van der Waals surface area contributed by atoms with E-state index in [9.17, 15) is 13.2 Å². The zero-order valence-corrected chi connectivity index (χ0v) is 28.5. The summed E-state index contributed by atoms with van der Waals surface area (Å²) < 4.78 is 64.8. The Hall–Kier alpha value is -5.27. The van der Waals surface area contributed by atoms with Crippen LogP contribution in [-0.4, -0.2) is 47.8 Å². The van der Waals surface area contributed by atoms with Gasteiger partial charge in [-0.2, -0.15) is 28.5 Å². The van der Waals surface area contributed by atoms with Crippen LogP contribution < -0.4 is 0 Å². The van der Waals surface area contributed by atoms with E-state index in [1.165, 1.54) is 50.1 Å². The topological polar surface area (TPSA) is 111 Å². The van der Waals surface area contributed by atoms with Gasteiger partial charge in [0.05, 0.1) is 19.6 Å². The van der Waals surface area contributed by atoms with Crippen LogP contribution in [0, 0.1) is 0 Å². The second kappa shape index (κ2) is 16.2. The third-order valence-electron chi connectivity index (χ3n) is 7.88. The zero-order valence-electron chi connectivity index (χ0n) is 26.7. The van der Waals surface area contributed by atoms with Crippen LogP contribution in [0.15, 0.2) is 146 Å². The number of alkyl halides is 3. The zero-order chi connectivity index (χ0) is 35.1. The first kappa shape index (κ1) is 37.0. The average Bonchev–Trinajstić information content (AvgIpc) is 3.91. The van der Waals surface area contributed by atoms with Gasteiger partial charge in [0.2, 0.25) is 0 Å². The molecule has 0 aliphatic carbocycles. The van der Waals surface area contributed by atoms with Crippen molar-refractivity contribution in [2.24, 2.45) is 0 Å². The normalized spacial score (nSPS) is 11.4. The maximum absolute atomic E-state index is 10.7. The molecule has 0 fully saturated rings. The van der Waals surface area contributed by atoms with E-state index in [4.69, 9.17) is 13.0 Å². The van der Waals surface area contributed by atoms with Gasteiger partial charge >= 0.3 is 22.6 Å². The van der Waals surface area contributed by atoms with Crippen LogP contribution in [0.1, 0.15) is 16.7 Å². The van der Waals surface area contributed by atoms with Gasteiger partial charge in [-0.25, -0.2) is 8.42 Å². The van der Waals surface area contributed by atoms with Gasteiger partial charge in [-0.15, -0.1) is 0 Å². The second-order valence-electron chi connectivity index (χ2n) is 11.3. The number of hydrogen-bond acceptors (Lipinski definition) is 6. The molecule has 7 aromatic rings. The van der Waals surface area contributed by atoms with E-state index in [1.807, 2.05) is 69.4 Å². The van der Waals surface area contributed by atoms with E-state index in [-0.39, 0.29) is 17.1 Å². The SMILES string of the molecule is O=S(=O)([O-])C(F)(F)F.[Cu+].c1ccc(-c2cc(-c3ccccc3Cn3cccn3)cc(-c3ccccc3Cn3cccn3)c2)c(Cn2cccn2)c1. The van der Waals surface area contributed by atoms with E-state index in [1.54, 1.807) is 0 Å². The minimum atomic E-state index is -6.09. The van der Waals surface area contributed by atoms with Crippen molar-refractivity contribution in [3.63, 3.8) is 0 Å². The summed E-state index contributed by atoms with van der Waals surface area (Å²) in [7, 11) is -6.09. The van der Waals surface area contributed by atoms with Crippen LogP contribution in [0.2, 0.25) is 0 Å². The molecule has 0 saturated carbocycles. The number of aromatic nitrogens is 6. The van der Waals surface area contributed by atoms with Crippen molar-refractivity contribution in [2.45, 2.75) is 25.1 Å². The molecule has 0 N–H and O–H groups in total. The Bertz CT molecular complexity index is 2040. The predicted molar refractivity (Wildman–Crippen MR) is 182 cm³/mol. The monoisotopic (exact) mass is 758 g/mol. The molecule has 264 valence electrons. The van der Waals surface area contributed by atoms with E-state index in [0.717, 1.165) is 0 Å². The molecule has 0 saturated heterocycles. The largest absolute Gasteiger partial charge is 1.00 e. The molecule has 0 unspecified atom stereocenters. The Labute approximate surface area is 303 Å². The Kier molecular flexibility index (Phi) is 11.7. The molecule has 7 rings (SSSR count). The van der Waals surface area contributed by atoms with Crippen molar-refractivity contribution in [1.29, 1.82) is 0 Å². The summed E-state index contributed by atoms with van der Waals surface area (Å²) in [4.78, 5) is 0. The summed E-state index contributed by atoms with van der Waals surface area (Å²) in [5.74, 6) is 0. The van der Waals surface area contributed by atoms with Crippen LogP contribution in [0.5, 0.6) is 0 Å². The Balaban J connectivity index is 0.000000504. The van der Waals surface area contributed by atoms with Crippen molar-refractivity contribution < 1.29 is 43.2 Å². The van der Waals surface area contributed by atoms with E-state index in [2.05, 4.69) is 106 Å². The molecule has 0 bridgehead atoms. The van der Waals surface area contributed by atoms with E-state index >= 15 is 0 Å². The number of rotatable bonds is 9. The molecule has 0 spiro atoms. The van der Waals surface area contributed by atoms with Gasteiger partial charge in [0.15, 0.2) is 10.1 Å². The number of benzene rings is 4. The van der Waals surface area contributed by atoms with Gasteiger partial charge in [0.25, 0.3) is 0 Å². The summed E-state index contributed by atoms with van der Waals surface area (Å²) in [6, 6.07) is 38.8. The number of halogens is 3. The molecule has 4 aromatic carbocycles. The molecule has 3 heterocycles. The van der Waals surface area contributed by atoms with Crippen molar-refractivity contribution >= 4 is 10.1 Å². The van der Waals surface area contributed by atoms with Crippen LogP contribution in [0.4, 0.5) is 13.2 Å². The first-order chi connectivity index (χ1) is 24.0. The molecular formula is C37H30CuF3N6O3S. The first-order valence-electron chi connectivity index (χ1n) is 15.4. The summed E-state index contributed by atoms with van der Waals surface area (Å²) in [6.45, 7) is 2.11. The standard InChI is InChI=1S/C36H30N6.CHF3O3S.Cu/c1-4-13-34(28(10-1)25-40-19-7-16-37-40)31-22-32(35-14-5-2-11-29(35)26-41-20-8-17-38-41)24-33(23-31)36-15-6-3-12-30(36)27-42-21-9-18-39-42;2-1(3,4)8(5,6)7;/h1-24H,25-27H2;(H,5,6,7);/q;;+1/p-1. The molecule has 0 aliphatic heterocycles. The van der Waals surface area contributed by atoms with Crippen LogP contribution in [-0.2, 0) is 46.8 Å². The van der Waals surface area contributed by atoms with Crippen LogP contribution >= 0.6 is 0 Å². The Morgan fingerprint density at radius 2 is 0.804 bits per heavy atom. The van der Waals surface area contributed by atoms with Crippen LogP contribution in [0.25, 0.3) is 33.4 Å². The third kappa shape index (κ3) is 9.30. The number of hydrogen-bond donors (Lipinski definition) is 0. The van der Waals surface area contributed by atoms with Gasteiger partial charge in [0, 0.05) is 37.2 Å². The summed E-state index contributed by atoms with van der Waals surface area (Å²) in [6.07, 6.45) is 11.5. The van der Waals surface area contributed by atoms with E-state index in [0.29, 0.717) is 19.6 Å². The van der Waals surface area contributed by atoms with Crippen molar-refractivity contribution in [3.8, 4) is 33.4 Å². The molecule has 0 radical (unpaired) electrons. The quantitative estimate of drug-likeness (QED) is 0.0859.